The van der Waals surface area contributed by atoms with Gasteiger partial charge < -0.3 is 32.7 Å². The maximum atomic E-state index is 5.99. The Labute approximate surface area is 149 Å². The molecular weight excluding hydrogens is 300 g/mol. The van der Waals surface area contributed by atoms with Gasteiger partial charge in [0.15, 0.2) is 0 Å². The summed E-state index contributed by atoms with van der Waals surface area (Å²) in [4.78, 5) is 0. The summed E-state index contributed by atoms with van der Waals surface area (Å²) in [6.07, 6.45) is 2.08. The second-order valence-electron chi connectivity index (χ2n) is 8.95. The molecule has 144 valence electrons. The fourth-order valence-corrected chi connectivity index (χ4v) is 3.97. The van der Waals surface area contributed by atoms with Crippen molar-refractivity contribution in [1.82, 2.24) is 21.3 Å². The summed E-state index contributed by atoms with van der Waals surface area (Å²) in [5.41, 5.74) is 12.0. The van der Waals surface area contributed by atoms with Crippen LogP contribution in [0.1, 0.15) is 54.4 Å². The molecule has 1 aliphatic rings. The molecule has 0 spiro atoms. The quantitative estimate of drug-likeness (QED) is 0.427. The number of hydrogen-bond donors (Lipinski definition) is 6. The van der Waals surface area contributed by atoms with Crippen molar-refractivity contribution in [2.24, 2.45) is 11.5 Å². The molecule has 0 bridgehead atoms. The monoisotopic (exact) mass is 342 g/mol. The molecule has 1 heterocycles. The smallest absolute Gasteiger partial charge is 0.0320 e. The van der Waals surface area contributed by atoms with Crippen LogP contribution in [0.4, 0.5) is 0 Å². The lowest BCUT2D eigenvalue weighted by molar-refractivity contribution is 0.240. The predicted molar refractivity (Wildman–Crippen MR) is 104 cm³/mol. The molecule has 0 aromatic carbocycles. The van der Waals surface area contributed by atoms with Crippen molar-refractivity contribution >= 4 is 0 Å². The van der Waals surface area contributed by atoms with Gasteiger partial charge >= 0.3 is 0 Å². The van der Waals surface area contributed by atoms with Crippen molar-refractivity contribution < 1.29 is 0 Å². The molecule has 0 radical (unpaired) electrons. The second kappa shape index (κ2) is 9.46. The molecule has 0 amide bonds. The van der Waals surface area contributed by atoms with Gasteiger partial charge in [-0.3, -0.25) is 0 Å². The molecule has 0 aliphatic carbocycles. The molecule has 6 heteroatoms. The average molecular weight is 343 g/mol. The number of nitrogens with two attached hydrogens (primary N) is 2. The molecule has 1 fully saturated rings. The first kappa shape index (κ1) is 21.8. The van der Waals surface area contributed by atoms with Crippen LogP contribution in [0.25, 0.3) is 0 Å². The molecule has 0 aromatic rings. The summed E-state index contributed by atoms with van der Waals surface area (Å²) >= 11 is 0. The zero-order valence-electron chi connectivity index (χ0n) is 16.7. The van der Waals surface area contributed by atoms with Crippen LogP contribution in [0.2, 0.25) is 0 Å². The summed E-state index contributed by atoms with van der Waals surface area (Å²) in [7, 11) is 0. The van der Waals surface area contributed by atoms with Crippen LogP contribution in [-0.2, 0) is 0 Å². The van der Waals surface area contributed by atoms with E-state index in [2.05, 4.69) is 62.8 Å². The van der Waals surface area contributed by atoms with Gasteiger partial charge in [0.05, 0.1) is 0 Å². The molecular formula is C18H42N6. The Morgan fingerprint density at radius 3 is 1.38 bits per heavy atom. The van der Waals surface area contributed by atoms with Gasteiger partial charge in [0.1, 0.15) is 0 Å². The van der Waals surface area contributed by atoms with E-state index in [1.54, 1.807) is 0 Å². The van der Waals surface area contributed by atoms with Gasteiger partial charge in [-0.1, -0.05) is 0 Å². The Kier molecular flexibility index (Phi) is 8.59. The van der Waals surface area contributed by atoms with E-state index in [0.29, 0.717) is 25.2 Å². The van der Waals surface area contributed by atoms with E-state index in [-0.39, 0.29) is 23.2 Å². The summed E-state index contributed by atoms with van der Waals surface area (Å²) in [5, 5.41) is 14.7. The summed E-state index contributed by atoms with van der Waals surface area (Å²) in [6, 6.07) is 1.40. The third-order valence-corrected chi connectivity index (χ3v) is 4.82. The fraction of sp³-hybridized carbons (Fsp3) is 1.00. The van der Waals surface area contributed by atoms with Crippen LogP contribution in [0.5, 0.6) is 0 Å². The standard InChI is InChI=1S/C18H42N6/c1-13-7-17(3,4)23-16(10-20)12-22-14(2)8-18(5,6)24-15(9-19)11-21-13/h13-16,21-24H,7-12,19-20H2,1-6H3/t13-,14-,15?,16?/m1/s1. The highest BCUT2D eigenvalue weighted by molar-refractivity contribution is 4.91. The summed E-state index contributed by atoms with van der Waals surface area (Å²) in [6.45, 7) is 16.6. The molecule has 6 nitrogen and oxygen atoms in total. The Balaban J connectivity index is 2.84. The van der Waals surface area contributed by atoms with E-state index in [9.17, 15) is 0 Å². The van der Waals surface area contributed by atoms with Crippen LogP contribution in [-0.4, -0.2) is 61.4 Å². The lowest BCUT2D eigenvalue weighted by Crippen LogP contribution is -2.59. The van der Waals surface area contributed by atoms with E-state index in [1.807, 2.05) is 0 Å². The van der Waals surface area contributed by atoms with Crippen molar-refractivity contribution in [1.29, 1.82) is 0 Å². The van der Waals surface area contributed by atoms with Crippen LogP contribution < -0.4 is 32.7 Å². The minimum Gasteiger partial charge on any atom is -0.329 e. The third-order valence-electron chi connectivity index (χ3n) is 4.82. The minimum absolute atomic E-state index is 0.0381. The molecule has 1 rings (SSSR count). The Morgan fingerprint density at radius 2 is 1.08 bits per heavy atom. The highest BCUT2D eigenvalue weighted by Crippen LogP contribution is 2.15. The largest absolute Gasteiger partial charge is 0.329 e. The molecule has 1 aliphatic heterocycles. The van der Waals surface area contributed by atoms with Gasteiger partial charge in [0.25, 0.3) is 0 Å². The predicted octanol–water partition coefficient (Wildman–Crippen LogP) is 0.127. The number of hydrogen-bond acceptors (Lipinski definition) is 6. The van der Waals surface area contributed by atoms with Crippen molar-refractivity contribution in [3.05, 3.63) is 0 Å². The Bertz CT molecular complexity index is 323. The van der Waals surface area contributed by atoms with Crippen LogP contribution >= 0.6 is 0 Å². The SMILES string of the molecule is C[C@@H]1CC(C)(C)NC(CN)CN[C@H](C)CC(C)(C)NC(CN)CN1. The second-order valence-corrected chi connectivity index (χ2v) is 8.95. The van der Waals surface area contributed by atoms with Crippen molar-refractivity contribution in [3.8, 4) is 0 Å². The summed E-state index contributed by atoms with van der Waals surface area (Å²) in [5.74, 6) is 0. The first-order valence-corrected chi connectivity index (χ1v) is 9.49. The third kappa shape index (κ3) is 8.23. The maximum Gasteiger partial charge on any atom is 0.0320 e. The van der Waals surface area contributed by atoms with Crippen LogP contribution in [0.15, 0.2) is 0 Å². The molecule has 2 unspecified atom stereocenters. The van der Waals surface area contributed by atoms with Crippen LogP contribution in [0, 0.1) is 0 Å². The topological polar surface area (TPSA) is 100 Å². The van der Waals surface area contributed by atoms with Gasteiger partial charge in [-0.15, -0.1) is 0 Å². The summed E-state index contributed by atoms with van der Waals surface area (Å²) < 4.78 is 0. The van der Waals surface area contributed by atoms with E-state index in [0.717, 1.165) is 25.9 Å². The Morgan fingerprint density at radius 1 is 0.750 bits per heavy atom. The molecule has 4 atom stereocenters. The highest BCUT2D eigenvalue weighted by atomic mass is 15.1. The van der Waals surface area contributed by atoms with Gasteiger partial charge in [0, 0.05) is 61.4 Å². The highest BCUT2D eigenvalue weighted by Gasteiger charge is 2.28. The van der Waals surface area contributed by atoms with Gasteiger partial charge in [-0.05, 0) is 54.4 Å². The van der Waals surface area contributed by atoms with Crippen molar-refractivity contribution in [2.75, 3.05) is 26.2 Å². The van der Waals surface area contributed by atoms with Crippen molar-refractivity contribution in [2.45, 2.75) is 89.6 Å². The minimum atomic E-state index is 0.0381. The van der Waals surface area contributed by atoms with Gasteiger partial charge in [0.2, 0.25) is 0 Å². The normalized spacial score (nSPS) is 36.0. The first-order chi connectivity index (χ1) is 11.1. The zero-order valence-corrected chi connectivity index (χ0v) is 16.7. The fourth-order valence-electron chi connectivity index (χ4n) is 3.97. The first-order valence-electron chi connectivity index (χ1n) is 9.49. The van der Waals surface area contributed by atoms with Gasteiger partial charge in [-0.25, -0.2) is 0 Å². The lowest BCUT2D eigenvalue weighted by Gasteiger charge is -2.38. The molecule has 0 saturated carbocycles. The molecule has 1 saturated heterocycles. The lowest BCUT2D eigenvalue weighted by atomic mass is 9.92. The number of rotatable bonds is 2. The maximum absolute atomic E-state index is 5.99. The van der Waals surface area contributed by atoms with E-state index in [1.165, 1.54) is 0 Å². The van der Waals surface area contributed by atoms with E-state index < -0.39 is 0 Å². The molecule has 8 N–H and O–H groups in total. The van der Waals surface area contributed by atoms with E-state index >= 15 is 0 Å². The zero-order chi connectivity index (χ0) is 18.4. The average Bonchev–Trinajstić information content (AvgIpc) is 2.45. The van der Waals surface area contributed by atoms with Crippen LogP contribution in [0.3, 0.4) is 0 Å². The van der Waals surface area contributed by atoms with Crippen molar-refractivity contribution in [3.63, 3.8) is 0 Å². The molecule has 24 heavy (non-hydrogen) atoms. The number of nitrogens with one attached hydrogen (secondary N) is 4. The Hall–Kier alpha value is -0.240. The molecule has 0 aromatic heterocycles. The van der Waals surface area contributed by atoms with E-state index in [4.69, 9.17) is 11.5 Å². The van der Waals surface area contributed by atoms with Gasteiger partial charge in [-0.2, -0.15) is 0 Å².